The highest BCUT2D eigenvalue weighted by Gasteiger charge is 2.60. The Bertz CT molecular complexity index is 233. The summed E-state index contributed by atoms with van der Waals surface area (Å²) in [7, 11) is 0. The summed E-state index contributed by atoms with van der Waals surface area (Å²) in [5.41, 5.74) is -2.14. The maximum atomic E-state index is 12.5. The predicted molar refractivity (Wildman–Crippen MR) is 45.4 cm³/mol. The zero-order valence-corrected chi connectivity index (χ0v) is 8.21. The molecule has 3 nitrogen and oxygen atoms in total. The van der Waals surface area contributed by atoms with Gasteiger partial charge in [0.1, 0.15) is 0 Å². The minimum Gasteiger partial charge on any atom is -0.481 e. The van der Waals surface area contributed by atoms with Crippen LogP contribution in [0.15, 0.2) is 0 Å². The van der Waals surface area contributed by atoms with Crippen molar-refractivity contribution in [2.45, 2.75) is 13.1 Å². The van der Waals surface area contributed by atoms with E-state index in [0.717, 1.165) is 6.92 Å². The Morgan fingerprint density at radius 1 is 1.57 bits per heavy atom. The minimum absolute atomic E-state index is 0. The number of carboxylic acid groups (broad SMARTS) is 1. The summed E-state index contributed by atoms with van der Waals surface area (Å²) in [6, 6.07) is 0. The lowest BCUT2D eigenvalue weighted by Crippen LogP contribution is -2.44. The van der Waals surface area contributed by atoms with Crippen LogP contribution in [0.4, 0.5) is 13.2 Å². The van der Waals surface area contributed by atoms with Gasteiger partial charge in [0, 0.05) is 13.1 Å². The van der Waals surface area contributed by atoms with Gasteiger partial charge >= 0.3 is 12.1 Å². The summed E-state index contributed by atoms with van der Waals surface area (Å²) >= 11 is 0. The second-order valence-electron chi connectivity index (χ2n) is 3.44. The van der Waals surface area contributed by atoms with Crippen molar-refractivity contribution in [3.63, 3.8) is 0 Å². The highest BCUT2D eigenvalue weighted by atomic mass is 35.5. The predicted octanol–water partition coefficient (Wildman–Crippen LogP) is 1.28. The minimum atomic E-state index is -4.47. The molecule has 0 aliphatic carbocycles. The van der Waals surface area contributed by atoms with E-state index in [1.165, 1.54) is 0 Å². The maximum Gasteiger partial charge on any atom is 0.396 e. The van der Waals surface area contributed by atoms with Crippen LogP contribution in [0.5, 0.6) is 0 Å². The number of hydrogen-bond donors (Lipinski definition) is 2. The fourth-order valence-corrected chi connectivity index (χ4v) is 1.48. The van der Waals surface area contributed by atoms with Crippen LogP contribution in [0.2, 0.25) is 0 Å². The molecule has 1 fully saturated rings. The molecule has 0 aromatic rings. The summed E-state index contributed by atoms with van der Waals surface area (Å²) in [5, 5.41) is 11.0. The Morgan fingerprint density at radius 3 is 2.36 bits per heavy atom. The molecular formula is C7H11ClF3NO2. The molecule has 84 valence electrons. The van der Waals surface area contributed by atoms with E-state index < -0.39 is 23.5 Å². The van der Waals surface area contributed by atoms with Gasteiger partial charge in [0.05, 0.1) is 11.3 Å². The quantitative estimate of drug-likeness (QED) is 0.717. The fraction of sp³-hybridized carbons (Fsp3) is 0.857. The molecule has 1 heterocycles. The molecule has 0 saturated carbocycles. The van der Waals surface area contributed by atoms with Gasteiger partial charge in [-0.1, -0.05) is 0 Å². The van der Waals surface area contributed by atoms with Crippen LogP contribution in [0.3, 0.4) is 0 Å². The third kappa shape index (κ3) is 1.95. The highest BCUT2D eigenvalue weighted by molar-refractivity contribution is 5.85. The lowest BCUT2D eigenvalue weighted by Gasteiger charge is -2.30. The number of nitrogens with one attached hydrogen (secondary N) is 1. The van der Waals surface area contributed by atoms with Gasteiger partial charge in [0.25, 0.3) is 0 Å². The zero-order chi connectivity index (χ0) is 10.3. The number of alkyl halides is 3. The van der Waals surface area contributed by atoms with E-state index in [9.17, 15) is 18.0 Å². The van der Waals surface area contributed by atoms with Crippen LogP contribution in [-0.4, -0.2) is 30.3 Å². The lowest BCUT2D eigenvalue weighted by atomic mass is 9.79. The molecule has 0 spiro atoms. The molecule has 1 aliphatic heterocycles. The molecule has 0 bridgehead atoms. The average molecular weight is 234 g/mol. The zero-order valence-electron chi connectivity index (χ0n) is 7.39. The molecule has 0 aromatic carbocycles. The van der Waals surface area contributed by atoms with Gasteiger partial charge in [-0.2, -0.15) is 13.2 Å². The molecule has 2 N–H and O–H groups in total. The van der Waals surface area contributed by atoms with E-state index in [1.54, 1.807) is 0 Å². The molecule has 0 aromatic heterocycles. The number of aliphatic carboxylic acids is 1. The van der Waals surface area contributed by atoms with E-state index in [1.807, 2.05) is 0 Å². The van der Waals surface area contributed by atoms with E-state index in [2.05, 4.69) is 5.32 Å². The van der Waals surface area contributed by atoms with Crippen LogP contribution >= 0.6 is 12.4 Å². The second-order valence-corrected chi connectivity index (χ2v) is 3.44. The van der Waals surface area contributed by atoms with Crippen LogP contribution in [0.25, 0.3) is 0 Å². The van der Waals surface area contributed by atoms with Crippen LogP contribution < -0.4 is 5.32 Å². The summed E-state index contributed by atoms with van der Waals surface area (Å²) in [4.78, 5) is 10.5. The Kier molecular flexibility index (Phi) is 3.80. The SMILES string of the molecule is C[C@@]1(C(F)(F)F)CNC[C@H]1C(=O)O.Cl. The van der Waals surface area contributed by atoms with Gasteiger partial charge < -0.3 is 10.4 Å². The van der Waals surface area contributed by atoms with Crippen molar-refractivity contribution in [3.8, 4) is 0 Å². The summed E-state index contributed by atoms with van der Waals surface area (Å²) < 4.78 is 37.4. The molecule has 7 heteroatoms. The summed E-state index contributed by atoms with van der Waals surface area (Å²) in [5.74, 6) is -2.78. The van der Waals surface area contributed by atoms with Gasteiger partial charge in [-0.3, -0.25) is 4.79 Å². The van der Waals surface area contributed by atoms with Gasteiger partial charge in [0.15, 0.2) is 0 Å². The van der Waals surface area contributed by atoms with E-state index in [-0.39, 0.29) is 25.5 Å². The first-order chi connectivity index (χ1) is 5.79. The molecule has 1 saturated heterocycles. The molecule has 0 unspecified atom stereocenters. The number of rotatable bonds is 1. The second kappa shape index (κ2) is 3.94. The normalized spacial score (nSPS) is 32.4. The molecular weight excluding hydrogens is 223 g/mol. The van der Waals surface area contributed by atoms with Crippen molar-refractivity contribution in [1.82, 2.24) is 5.32 Å². The number of halogens is 4. The number of hydrogen-bond acceptors (Lipinski definition) is 2. The van der Waals surface area contributed by atoms with Crippen molar-refractivity contribution in [2.75, 3.05) is 13.1 Å². The van der Waals surface area contributed by atoms with Crippen molar-refractivity contribution >= 4 is 18.4 Å². The summed E-state index contributed by atoms with van der Waals surface area (Å²) in [6.07, 6.45) is -4.47. The van der Waals surface area contributed by atoms with E-state index >= 15 is 0 Å². The first-order valence-electron chi connectivity index (χ1n) is 3.79. The third-order valence-corrected chi connectivity index (χ3v) is 2.56. The van der Waals surface area contributed by atoms with Crippen molar-refractivity contribution in [3.05, 3.63) is 0 Å². The van der Waals surface area contributed by atoms with Crippen LogP contribution in [0, 0.1) is 11.3 Å². The molecule has 2 atom stereocenters. The van der Waals surface area contributed by atoms with Gasteiger partial charge in [-0.25, -0.2) is 0 Å². The lowest BCUT2D eigenvalue weighted by molar-refractivity contribution is -0.227. The Hall–Kier alpha value is -0.490. The van der Waals surface area contributed by atoms with Crippen molar-refractivity contribution < 1.29 is 23.1 Å². The fourth-order valence-electron chi connectivity index (χ4n) is 1.48. The number of carbonyl (C=O) groups is 1. The Labute approximate surface area is 85.1 Å². The first-order valence-corrected chi connectivity index (χ1v) is 3.79. The Morgan fingerprint density at radius 2 is 2.07 bits per heavy atom. The average Bonchev–Trinajstić information content (AvgIpc) is 2.30. The van der Waals surface area contributed by atoms with Crippen LogP contribution in [0.1, 0.15) is 6.92 Å². The number of carboxylic acids is 1. The maximum absolute atomic E-state index is 12.5. The smallest absolute Gasteiger partial charge is 0.396 e. The van der Waals surface area contributed by atoms with Gasteiger partial charge in [-0.15, -0.1) is 12.4 Å². The molecule has 1 aliphatic rings. The van der Waals surface area contributed by atoms with Crippen molar-refractivity contribution in [1.29, 1.82) is 0 Å². The highest BCUT2D eigenvalue weighted by Crippen LogP contribution is 2.45. The third-order valence-electron chi connectivity index (χ3n) is 2.56. The van der Waals surface area contributed by atoms with Gasteiger partial charge in [-0.05, 0) is 6.92 Å². The van der Waals surface area contributed by atoms with E-state index in [0.29, 0.717) is 0 Å². The van der Waals surface area contributed by atoms with E-state index in [4.69, 9.17) is 5.11 Å². The van der Waals surface area contributed by atoms with Gasteiger partial charge in [0.2, 0.25) is 0 Å². The molecule has 0 amide bonds. The first kappa shape index (κ1) is 13.5. The largest absolute Gasteiger partial charge is 0.481 e. The molecule has 0 radical (unpaired) electrons. The standard InChI is InChI=1S/C7H10F3NO2.ClH/c1-6(7(8,9)10)3-11-2-4(6)5(12)13;/h4,11H,2-3H2,1H3,(H,12,13);1H/t4-,6+;/m0./s1. The molecule has 1 rings (SSSR count). The monoisotopic (exact) mass is 233 g/mol. The Balaban J connectivity index is 0.00000169. The molecule has 14 heavy (non-hydrogen) atoms. The van der Waals surface area contributed by atoms with Crippen LogP contribution in [-0.2, 0) is 4.79 Å². The topological polar surface area (TPSA) is 49.3 Å². The summed E-state index contributed by atoms with van der Waals surface area (Å²) in [6.45, 7) is 0.491. The van der Waals surface area contributed by atoms with Crippen molar-refractivity contribution in [2.24, 2.45) is 11.3 Å².